The number of carbonyl (C=O) groups is 1. The van der Waals surface area contributed by atoms with Crippen LogP contribution in [0.5, 0.6) is 0 Å². The Morgan fingerprint density at radius 1 is 1.50 bits per heavy atom. The molecule has 0 aromatic carbocycles. The van der Waals surface area contributed by atoms with Crippen LogP contribution in [-0.2, 0) is 29.2 Å². The monoisotopic (exact) mass is 335 g/mol. The Morgan fingerprint density at radius 2 is 2.38 bits per heavy atom. The molecule has 0 bridgehead atoms. The maximum absolute atomic E-state index is 12.1. The summed E-state index contributed by atoms with van der Waals surface area (Å²) < 4.78 is 7.45. The molecule has 1 fully saturated rings. The van der Waals surface area contributed by atoms with E-state index in [2.05, 4.69) is 45.2 Å². The fourth-order valence-electron chi connectivity index (χ4n) is 3.37. The number of morpholine rings is 1. The van der Waals surface area contributed by atoms with E-state index in [9.17, 15) is 4.79 Å². The molecule has 2 N–H and O–H groups in total. The quantitative estimate of drug-likeness (QED) is 0.785. The molecule has 7 nitrogen and oxygen atoms in total. The summed E-state index contributed by atoms with van der Waals surface area (Å²) in [5.74, 6) is 0.723. The molecule has 0 radical (unpaired) electrons. The van der Waals surface area contributed by atoms with E-state index in [0.717, 1.165) is 45.0 Å². The number of fused-ring (bicyclic) bond motifs is 1. The van der Waals surface area contributed by atoms with Crippen LogP contribution in [0.25, 0.3) is 0 Å². The summed E-state index contributed by atoms with van der Waals surface area (Å²) in [7, 11) is 0. The largest absolute Gasteiger partial charge is 0.378 e. The highest BCUT2D eigenvalue weighted by molar-refractivity contribution is 5.76. The lowest BCUT2D eigenvalue weighted by molar-refractivity contribution is -0.122. The molecule has 2 aliphatic heterocycles. The van der Waals surface area contributed by atoms with E-state index in [1.165, 1.54) is 5.69 Å². The van der Waals surface area contributed by atoms with Gasteiger partial charge >= 0.3 is 0 Å². The van der Waals surface area contributed by atoms with Crippen molar-refractivity contribution in [3.8, 4) is 0 Å². The number of hydrogen-bond donors (Lipinski definition) is 2. The number of aromatic nitrogens is 2. The Morgan fingerprint density at radius 3 is 3.12 bits per heavy atom. The van der Waals surface area contributed by atoms with Crippen molar-refractivity contribution in [1.29, 1.82) is 0 Å². The van der Waals surface area contributed by atoms with E-state index >= 15 is 0 Å². The molecule has 0 spiro atoms. The maximum atomic E-state index is 12.1. The zero-order valence-corrected chi connectivity index (χ0v) is 14.8. The lowest BCUT2D eigenvalue weighted by Crippen LogP contribution is -2.44. The number of ether oxygens (including phenoxy) is 1. The molecular formula is C17H29N5O2. The highest BCUT2D eigenvalue weighted by Crippen LogP contribution is 2.15. The number of hydrogen-bond acceptors (Lipinski definition) is 5. The van der Waals surface area contributed by atoms with Crippen molar-refractivity contribution in [3.05, 3.63) is 17.5 Å². The van der Waals surface area contributed by atoms with Gasteiger partial charge in [0.25, 0.3) is 0 Å². The van der Waals surface area contributed by atoms with Crippen LogP contribution in [0.2, 0.25) is 0 Å². The van der Waals surface area contributed by atoms with Crippen LogP contribution < -0.4 is 10.6 Å². The summed E-state index contributed by atoms with van der Waals surface area (Å²) in [6.45, 7) is 11.2. The summed E-state index contributed by atoms with van der Waals surface area (Å²) in [4.78, 5) is 14.5. The standard InChI is InChI=1S/C17H29N5O2/c1-13(2)10-21-4-5-22-16(11-21)7-14(20-22)9-19-17(23)8-15-12-24-6-3-18-15/h7,13,15,18H,3-6,8-12H2,1-2H3,(H,19,23)/t15-/m0/s1. The summed E-state index contributed by atoms with van der Waals surface area (Å²) in [5, 5.41) is 10.9. The molecule has 1 atom stereocenters. The minimum Gasteiger partial charge on any atom is -0.378 e. The Hall–Kier alpha value is -1.44. The minimum absolute atomic E-state index is 0.0467. The highest BCUT2D eigenvalue weighted by atomic mass is 16.5. The van der Waals surface area contributed by atoms with Crippen LogP contribution in [0, 0.1) is 5.92 Å². The van der Waals surface area contributed by atoms with Crippen molar-refractivity contribution in [2.24, 2.45) is 5.92 Å². The van der Waals surface area contributed by atoms with Crippen LogP contribution in [0.15, 0.2) is 6.07 Å². The summed E-state index contributed by atoms with van der Waals surface area (Å²) in [6.07, 6.45) is 0.454. The second-order valence-corrected chi connectivity index (χ2v) is 7.19. The summed E-state index contributed by atoms with van der Waals surface area (Å²) in [6, 6.07) is 2.24. The number of amides is 1. The minimum atomic E-state index is 0.0467. The van der Waals surface area contributed by atoms with Gasteiger partial charge in [-0.25, -0.2) is 0 Å². The maximum Gasteiger partial charge on any atom is 0.221 e. The Kier molecular flexibility index (Phi) is 5.86. The van der Waals surface area contributed by atoms with Gasteiger partial charge in [-0.1, -0.05) is 13.8 Å². The zero-order valence-electron chi connectivity index (χ0n) is 14.8. The molecule has 0 unspecified atom stereocenters. The summed E-state index contributed by atoms with van der Waals surface area (Å²) >= 11 is 0. The molecule has 1 amide bonds. The molecule has 1 saturated heterocycles. The first kappa shape index (κ1) is 17.4. The topological polar surface area (TPSA) is 71.4 Å². The molecule has 3 heterocycles. The number of nitrogens with zero attached hydrogens (tertiary/aromatic N) is 3. The van der Waals surface area contributed by atoms with Crippen molar-refractivity contribution in [2.75, 3.05) is 32.8 Å². The first-order chi connectivity index (χ1) is 11.6. The Labute approximate surface area is 143 Å². The van der Waals surface area contributed by atoms with E-state index in [-0.39, 0.29) is 11.9 Å². The first-order valence-electron chi connectivity index (χ1n) is 8.96. The molecule has 7 heteroatoms. The van der Waals surface area contributed by atoms with Crippen molar-refractivity contribution in [1.82, 2.24) is 25.3 Å². The van der Waals surface area contributed by atoms with Gasteiger partial charge in [-0.05, 0) is 12.0 Å². The van der Waals surface area contributed by atoms with E-state index in [4.69, 9.17) is 4.74 Å². The molecule has 24 heavy (non-hydrogen) atoms. The molecule has 134 valence electrons. The molecule has 1 aromatic heterocycles. The average Bonchev–Trinajstić information content (AvgIpc) is 2.95. The van der Waals surface area contributed by atoms with Gasteiger partial charge < -0.3 is 15.4 Å². The number of nitrogens with one attached hydrogen (secondary N) is 2. The lowest BCUT2D eigenvalue weighted by Gasteiger charge is -2.28. The first-order valence-corrected chi connectivity index (χ1v) is 8.96. The van der Waals surface area contributed by atoms with Gasteiger partial charge in [0.1, 0.15) is 0 Å². The van der Waals surface area contributed by atoms with Gasteiger partial charge in [0.15, 0.2) is 0 Å². The predicted octanol–water partition coefficient (Wildman–Crippen LogP) is 0.349. The van der Waals surface area contributed by atoms with Crippen LogP contribution in [0.3, 0.4) is 0 Å². The van der Waals surface area contributed by atoms with E-state index in [1.807, 2.05) is 0 Å². The smallest absolute Gasteiger partial charge is 0.221 e. The fraction of sp³-hybridized carbons (Fsp3) is 0.765. The van der Waals surface area contributed by atoms with Crippen molar-refractivity contribution in [2.45, 2.75) is 45.9 Å². The number of rotatable bonds is 6. The SMILES string of the molecule is CC(C)CN1CCn2nc(CNC(=O)C[C@H]3COCCN3)cc2C1. The Bertz CT molecular complexity index is 551. The van der Waals surface area contributed by atoms with Crippen LogP contribution in [0.1, 0.15) is 31.7 Å². The van der Waals surface area contributed by atoms with Crippen molar-refractivity contribution < 1.29 is 9.53 Å². The number of carbonyl (C=O) groups excluding carboxylic acids is 1. The zero-order chi connectivity index (χ0) is 16.9. The van der Waals surface area contributed by atoms with Gasteiger partial charge in [0, 0.05) is 38.6 Å². The van der Waals surface area contributed by atoms with E-state index < -0.39 is 0 Å². The average molecular weight is 335 g/mol. The van der Waals surface area contributed by atoms with Gasteiger partial charge in [-0.3, -0.25) is 14.4 Å². The molecule has 2 aliphatic rings. The Balaban J connectivity index is 1.46. The lowest BCUT2D eigenvalue weighted by atomic mass is 10.2. The second kappa shape index (κ2) is 8.09. The summed E-state index contributed by atoms with van der Waals surface area (Å²) in [5.41, 5.74) is 2.19. The van der Waals surface area contributed by atoms with Gasteiger partial charge in [0.05, 0.1) is 37.7 Å². The third-order valence-corrected chi connectivity index (χ3v) is 4.45. The van der Waals surface area contributed by atoms with Crippen LogP contribution >= 0.6 is 0 Å². The van der Waals surface area contributed by atoms with Crippen LogP contribution in [-0.4, -0.2) is 59.5 Å². The van der Waals surface area contributed by atoms with Crippen LogP contribution in [0.4, 0.5) is 0 Å². The molecular weight excluding hydrogens is 306 g/mol. The second-order valence-electron chi connectivity index (χ2n) is 7.19. The molecule has 3 rings (SSSR count). The molecule has 1 aromatic rings. The van der Waals surface area contributed by atoms with Gasteiger partial charge in [-0.15, -0.1) is 0 Å². The fourth-order valence-corrected chi connectivity index (χ4v) is 3.37. The van der Waals surface area contributed by atoms with E-state index in [0.29, 0.717) is 25.5 Å². The van der Waals surface area contributed by atoms with Gasteiger partial charge in [-0.2, -0.15) is 5.10 Å². The van der Waals surface area contributed by atoms with Crippen molar-refractivity contribution >= 4 is 5.91 Å². The molecule has 0 saturated carbocycles. The highest BCUT2D eigenvalue weighted by Gasteiger charge is 2.20. The third kappa shape index (κ3) is 4.78. The van der Waals surface area contributed by atoms with E-state index in [1.54, 1.807) is 0 Å². The van der Waals surface area contributed by atoms with Crippen molar-refractivity contribution in [3.63, 3.8) is 0 Å². The normalized spacial score (nSPS) is 21.7. The van der Waals surface area contributed by atoms with Gasteiger partial charge in [0.2, 0.25) is 5.91 Å². The molecule has 0 aliphatic carbocycles. The predicted molar refractivity (Wildman–Crippen MR) is 91.4 cm³/mol. The third-order valence-electron chi connectivity index (χ3n) is 4.45.